The molecule has 0 aromatic carbocycles. The Kier molecular flexibility index (Phi) is 3.39. The van der Waals surface area contributed by atoms with E-state index in [9.17, 15) is 4.79 Å². The molecule has 6 nitrogen and oxygen atoms in total. The van der Waals surface area contributed by atoms with Crippen LogP contribution in [0.4, 0.5) is 0 Å². The van der Waals surface area contributed by atoms with Crippen LogP contribution < -0.4 is 0 Å². The van der Waals surface area contributed by atoms with Gasteiger partial charge < -0.3 is 10.0 Å². The molecule has 0 spiro atoms. The fourth-order valence-electron chi connectivity index (χ4n) is 0.945. The number of carbonyl (C=O) groups is 1. The molecule has 6 heteroatoms. The summed E-state index contributed by atoms with van der Waals surface area (Å²) in [6.45, 7) is 2.57. The zero-order valence-corrected chi connectivity index (χ0v) is 7.30. The van der Waals surface area contributed by atoms with Crippen molar-refractivity contribution in [1.29, 1.82) is 0 Å². The summed E-state index contributed by atoms with van der Waals surface area (Å²) in [6, 6.07) is 0. The first-order valence-electron chi connectivity index (χ1n) is 3.97. The van der Waals surface area contributed by atoms with E-state index >= 15 is 0 Å². The molecule has 1 aromatic heterocycles. The minimum absolute atomic E-state index is 0.0646. The van der Waals surface area contributed by atoms with Crippen molar-refractivity contribution in [2.45, 2.75) is 6.92 Å². The molecule has 1 heterocycles. The molecule has 0 atom stereocenters. The molecule has 72 valence electrons. The summed E-state index contributed by atoms with van der Waals surface area (Å²) in [5.74, 6) is -0.280. The van der Waals surface area contributed by atoms with Gasteiger partial charge in [-0.05, 0) is 12.1 Å². The van der Waals surface area contributed by atoms with E-state index in [2.05, 4.69) is 14.9 Å². The maximum absolute atomic E-state index is 11.5. The lowest BCUT2D eigenvalue weighted by Gasteiger charge is -2.17. The van der Waals surface area contributed by atoms with Crippen LogP contribution in [0.5, 0.6) is 0 Å². The third kappa shape index (κ3) is 2.25. The summed E-state index contributed by atoms with van der Waals surface area (Å²) in [6.07, 6.45) is 1.25. The first kappa shape index (κ1) is 9.66. The van der Waals surface area contributed by atoms with Gasteiger partial charge in [-0.3, -0.25) is 4.79 Å². The topological polar surface area (TPSA) is 79.5 Å². The van der Waals surface area contributed by atoms with Crippen LogP contribution >= 0.6 is 0 Å². The Bertz CT molecular complexity index is 260. The molecule has 0 bridgehead atoms. The van der Waals surface area contributed by atoms with Gasteiger partial charge in [-0.25, -0.2) is 4.63 Å². The van der Waals surface area contributed by atoms with Gasteiger partial charge in [-0.1, -0.05) is 5.16 Å². The molecule has 1 N–H and O–H groups in total. The van der Waals surface area contributed by atoms with Gasteiger partial charge in [-0.15, -0.1) is 0 Å². The second-order valence-corrected chi connectivity index (χ2v) is 2.40. The number of hydrogen-bond acceptors (Lipinski definition) is 5. The van der Waals surface area contributed by atoms with Gasteiger partial charge in [0.2, 0.25) is 0 Å². The highest BCUT2D eigenvalue weighted by atomic mass is 16.6. The SMILES string of the molecule is CCN(CCO)C(=O)c1cnon1. The molecule has 1 aromatic rings. The van der Waals surface area contributed by atoms with E-state index in [4.69, 9.17) is 5.11 Å². The van der Waals surface area contributed by atoms with E-state index < -0.39 is 0 Å². The summed E-state index contributed by atoms with van der Waals surface area (Å²) < 4.78 is 4.30. The van der Waals surface area contributed by atoms with Crippen LogP contribution in [0, 0.1) is 0 Å². The number of hydrogen-bond donors (Lipinski definition) is 1. The van der Waals surface area contributed by atoms with Gasteiger partial charge >= 0.3 is 0 Å². The molecule has 0 saturated heterocycles. The number of aliphatic hydroxyl groups is 1. The van der Waals surface area contributed by atoms with E-state index in [1.165, 1.54) is 11.1 Å². The quantitative estimate of drug-likeness (QED) is 0.685. The summed E-state index contributed by atoms with van der Waals surface area (Å²) in [4.78, 5) is 12.9. The molecule has 13 heavy (non-hydrogen) atoms. The third-order valence-corrected chi connectivity index (χ3v) is 1.62. The lowest BCUT2D eigenvalue weighted by atomic mass is 10.4. The molecule has 0 fully saturated rings. The highest BCUT2D eigenvalue weighted by molar-refractivity contribution is 5.91. The first-order valence-corrected chi connectivity index (χ1v) is 3.97. The van der Waals surface area contributed by atoms with E-state index in [1.807, 2.05) is 6.92 Å². The van der Waals surface area contributed by atoms with Crippen LogP contribution in [0.2, 0.25) is 0 Å². The fourth-order valence-corrected chi connectivity index (χ4v) is 0.945. The van der Waals surface area contributed by atoms with Crippen molar-refractivity contribution in [3.63, 3.8) is 0 Å². The van der Waals surface area contributed by atoms with E-state index in [0.29, 0.717) is 13.1 Å². The molecule has 1 rings (SSSR count). The van der Waals surface area contributed by atoms with Crippen molar-refractivity contribution in [2.24, 2.45) is 0 Å². The summed E-state index contributed by atoms with van der Waals surface area (Å²) in [7, 11) is 0. The Labute approximate surface area is 75.1 Å². The Morgan fingerprint density at radius 3 is 3.00 bits per heavy atom. The third-order valence-electron chi connectivity index (χ3n) is 1.62. The van der Waals surface area contributed by atoms with Crippen molar-refractivity contribution in [2.75, 3.05) is 19.7 Å². The molecule has 1 amide bonds. The fraction of sp³-hybridized carbons (Fsp3) is 0.571. The predicted molar refractivity (Wildman–Crippen MR) is 43.0 cm³/mol. The number of aromatic nitrogens is 2. The van der Waals surface area contributed by atoms with Gasteiger partial charge in [-0.2, -0.15) is 0 Å². The lowest BCUT2D eigenvalue weighted by Crippen LogP contribution is -2.33. The minimum Gasteiger partial charge on any atom is -0.395 e. The largest absolute Gasteiger partial charge is 0.395 e. The molecule has 0 saturated carbocycles. The van der Waals surface area contributed by atoms with E-state index in [1.54, 1.807) is 0 Å². The maximum Gasteiger partial charge on any atom is 0.277 e. The standard InChI is InChI=1S/C7H11N3O3/c1-2-10(3-4-11)7(12)6-5-8-13-9-6/h5,11H,2-4H2,1H3. The highest BCUT2D eigenvalue weighted by Crippen LogP contribution is 1.99. The van der Waals surface area contributed by atoms with Crippen LogP contribution in [0.1, 0.15) is 17.4 Å². The zero-order valence-electron chi connectivity index (χ0n) is 7.30. The zero-order chi connectivity index (χ0) is 9.68. The van der Waals surface area contributed by atoms with Crippen LogP contribution in [-0.2, 0) is 0 Å². The highest BCUT2D eigenvalue weighted by Gasteiger charge is 2.16. The van der Waals surface area contributed by atoms with Crippen molar-refractivity contribution >= 4 is 5.91 Å². The van der Waals surface area contributed by atoms with Crippen molar-refractivity contribution in [3.05, 3.63) is 11.9 Å². The number of likely N-dealkylation sites (N-methyl/N-ethyl adjacent to an activating group) is 1. The normalized spacial score (nSPS) is 10.0. The number of amides is 1. The molecule has 0 aliphatic heterocycles. The molecule has 0 unspecified atom stereocenters. The van der Waals surface area contributed by atoms with Crippen molar-refractivity contribution < 1.29 is 14.5 Å². The van der Waals surface area contributed by atoms with E-state index in [0.717, 1.165) is 0 Å². The number of nitrogens with zero attached hydrogens (tertiary/aromatic N) is 3. The Morgan fingerprint density at radius 1 is 1.77 bits per heavy atom. The Hall–Kier alpha value is -1.43. The van der Waals surface area contributed by atoms with Gasteiger partial charge in [0.1, 0.15) is 6.20 Å². The monoisotopic (exact) mass is 185 g/mol. The van der Waals surface area contributed by atoms with Crippen LogP contribution in [0.25, 0.3) is 0 Å². The second-order valence-electron chi connectivity index (χ2n) is 2.40. The number of carbonyl (C=O) groups excluding carboxylic acids is 1. The van der Waals surface area contributed by atoms with Crippen LogP contribution in [0.3, 0.4) is 0 Å². The molecular weight excluding hydrogens is 174 g/mol. The van der Waals surface area contributed by atoms with Gasteiger partial charge in [0.15, 0.2) is 5.69 Å². The summed E-state index contributed by atoms with van der Waals surface area (Å²) in [5.41, 5.74) is 0.162. The van der Waals surface area contributed by atoms with Crippen molar-refractivity contribution in [3.8, 4) is 0 Å². The van der Waals surface area contributed by atoms with Crippen LogP contribution in [0.15, 0.2) is 10.8 Å². The second kappa shape index (κ2) is 4.56. The predicted octanol–water partition coefficient (Wildman–Crippen LogP) is -0.476. The minimum atomic E-state index is -0.280. The Morgan fingerprint density at radius 2 is 2.54 bits per heavy atom. The number of rotatable bonds is 4. The molecule has 0 radical (unpaired) electrons. The molecule has 0 aliphatic rings. The summed E-state index contributed by atoms with van der Waals surface area (Å²) in [5, 5.41) is 15.4. The molecule has 0 aliphatic carbocycles. The maximum atomic E-state index is 11.5. The van der Waals surface area contributed by atoms with Crippen molar-refractivity contribution in [1.82, 2.24) is 15.2 Å². The molecular formula is C7H11N3O3. The van der Waals surface area contributed by atoms with E-state index in [-0.39, 0.29) is 18.2 Å². The number of aliphatic hydroxyl groups excluding tert-OH is 1. The first-order chi connectivity index (χ1) is 6.29. The summed E-state index contributed by atoms with van der Waals surface area (Å²) >= 11 is 0. The Balaban J connectivity index is 2.65. The smallest absolute Gasteiger partial charge is 0.277 e. The lowest BCUT2D eigenvalue weighted by molar-refractivity contribution is 0.0721. The average molecular weight is 185 g/mol. The average Bonchev–Trinajstić information content (AvgIpc) is 2.65. The van der Waals surface area contributed by atoms with Gasteiger partial charge in [0, 0.05) is 13.1 Å². The van der Waals surface area contributed by atoms with Crippen LogP contribution in [-0.4, -0.2) is 45.9 Å². The van der Waals surface area contributed by atoms with Gasteiger partial charge in [0.05, 0.1) is 6.61 Å². The van der Waals surface area contributed by atoms with Gasteiger partial charge in [0.25, 0.3) is 5.91 Å².